The van der Waals surface area contributed by atoms with Gasteiger partial charge in [0.25, 0.3) is 0 Å². The molecule has 98 valence electrons. The minimum Gasteiger partial charge on any atom is -0.496 e. The number of ether oxygens (including phenoxy) is 2. The summed E-state index contributed by atoms with van der Waals surface area (Å²) in [5.74, 6) is 0.999. The Bertz CT molecular complexity index is 399. The number of ketones is 1. The van der Waals surface area contributed by atoms with Gasteiger partial charge in [0.15, 0.2) is 5.78 Å². The van der Waals surface area contributed by atoms with Crippen molar-refractivity contribution in [3.8, 4) is 11.5 Å². The van der Waals surface area contributed by atoms with Gasteiger partial charge in [-0.25, -0.2) is 0 Å². The molecule has 0 unspecified atom stereocenters. The van der Waals surface area contributed by atoms with Gasteiger partial charge in [-0.05, 0) is 24.6 Å². The van der Waals surface area contributed by atoms with Crippen molar-refractivity contribution in [2.75, 3.05) is 14.2 Å². The Morgan fingerprint density at radius 2 is 1.83 bits per heavy atom. The van der Waals surface area contributed by atoms with Gasteiger partial charge in [0.1, 0.15) is 17.1 Å². The Morgan fingerprint density at radius 3 is 2.33 bits per heavy atom. The molecule has 0 spiro atoms. The van der Waals surface area contributed by atoms with Crippen LogP contribution in [0.25, 0.3) is 0 Å². The summed E-state index contributed by atoms with van der Waals surface area (Å²) in [6.07, 6.45) is 6.62. The summed E-state index contributed by atoms with van der Waals surface area (Å²) < 4.78 is 10.4. The number of methoxy groups -OCH3 is 2. The second-order valence-electron chi connectivity index (χ2n) is 3.95. The lowest BCUT2D eigenvalue weighted by Crippen LogP contribution is -2.02. The van der Waals surface area contributed by atoms with E-state index < -0.39 is 0 Å². The highest BCUT2D eigenvalue weighted by Gasteiger charge is 2.15. The number of rotatable bonds is 7. The van der Waals surface area contributed by atoms with E-state index in [-0.39, 0.29) is 5.78 Å². The zero-order chi connectivity index (χ0) is 13.4. The van der Waals surface area contributed by atoms with Crippen LogP contribution in [0.1, 0.15) is 36.5 Å². The molecule has 18 heavy (non-hydrogen) atoms. The van der Waals surface area contributed by atoms with Crippen molar-refractivity contribution in [1.29, 1.82) is 0 Å². The van der Waals surface area contributed by atoms with Crippen molar-refractivity contribution < 1.29 is 14.3 Å². The van der Waals surface area contributed by atoms with Crippen LogP contribution in [0.3, 0.4) is 0 Å². The molecule has 0 radical (unpaired) electrons. The number of hydrogen-bond acceptors (Lipinski definition) is 3. The molecule has 1 rings (SSSR count). The van der Waals surface area contributed by atoms with E-state index >= 15 is 0 Å². The van der Waals surface area contributed by atoms with Gasteiger partial charge in [-0.3, -0.25) is 4.79 Å². The third-order valence-electron chi connectivity index (χ3n) is 2.67. The van der Waals surface area contributed by atoms with E-state index in [1.807, 2.05) is 6.08 Å². The molecule has 0 N–H and O–H groups in total. The molecule has 0 fully saturated rings. The molecule has 0 bridgehead atoms. The molecule has 0 amide bonds. The van der Waals surface area contributed by atoms with E-state index in [1.54, 1.807) is 38.5 Å². The summed E-state index contributed by atoms with van der Waals surface area (Å²) in [6, 6.07) is 5.32. The van der Waals surface area contributed by atoms with Crippen molar-refractivity contribution in [3.05, 3.63) is 35.9 Å². The Balaban J connectivity index is 2.93. The normalized spacial score (nSPS) is 10.6. The van der Waals surface area contributed by atoms with Crippen LogP contribution in [0.5, 0.6) is 11.5 Å². The number of hydrogen-bond donors (Lipinski definition) is 0. The zero-order valence-electron chi connectivity index (χ0n) is 11.2. The molecule has 3 nitrogen and oxygen atoms in total. The van der Waals surface area contributed by atoms with Gasteiger partial charge in [-0.15, -0.1) is 0 Å². The second-order valence-corrected chi connectivity index (χ2v) is 3.95. The third-order valence-corrected chi connectivity index (χ3v) is 2.67. The van der Waals surface area contributed by atoms with Crippen molar-refractivity contribution in [3.63, 3.8) is 0 Å². The molecule has 0 aliphatic carbocycles. The largest absolute Gasteiger partial charge is 0.496 e. The first-order chi connectivity index (χ1) is 8.74. The first kappa shape index (κ1) is 14.3. The van der Waals surface area contributed by atoms with Gasteiger partial charge in [0.05, 0.1) is 14.2 Å². The molecule has 1 aromatic rings. The van der Waals surface area contributed by atoms with Crippen LogP contribution >= 0.6 is 0 Å². The maximum atomic E-state index is 12.1. The molecule has 0 atom stereocenters. The smallest absolute Gasteiger partial charge is 0.193 e. The van der Waals surface area contributed by atoms with Gasteiger partial charge >= 0.3 is 0 Å². The van der Waals surface area contributed by atoms with E-state index in [0.29, 0.717) is 17.1 Å². The molecule has 0 saturated carbocycles. The Hall–Kier alpha value is -1.77. The van der Waals surface area contributed by atoms with Crippen molar-refractivity contribution >= 4 is 5.78 Å². The predicted molar refractivity (Wildman–Crippen MR) is 72.5 cm³/mol. The zero-order valence-corrected chi connectivity index (χ0v) is 11.2. The number of carbonyl (C=O) groups excluding carboxylic acids is 1. The predicted octanol–water partition coefficient (Wildman–Crippen LogP) is 3.63. The average Bonchev–Trinajstić information content (AvgIpc) is 2.42. The Kier molecular flexibility index (Phi) is 5.98. The van der Waals surface area contributed by atoms with E-state index in [0.717, 1.165) is 19.3 Å². The summed E-state index contributed by atoms with van der Waals surface area (Å²) in [4.78, 5) is 12.1. The van der Waals surface area contributed by atoms with Gasteiger partial charge in [0.2, 0.25) is 0 Å². The molecule has 0 aromatic heterocycles. The second kappa shape index (κ2) is 7.54. The SMILES string of the molecule is CCCC/C=C/C(=O)c1c(OC)cccc1OC. The third kappa shape index (κ3) is 3.62. The number of allylic oxidation sites excluding steroid dienone is 2. The van der Waals surface area contributed by atoms with Crippen molar-refractivity contribution in [1.82, 2.24) is 0 Å². The molecule has 1 aromatic carbocycles. The Morgan fingerprint density at radius 1 is 1.22 bits per heavy atom. The number of carbonyl (C=O) groups is 1. The minimum atomic E-state index is -0.0830. The summed E-state index contributed by atoms with van der Waals surface area (Å²) in [5, 5.41) is 0. The highest BCUT2D eigenvalue weighted by Crippen LogP contribution is 2.28. The number of unbranched alkanes of at least 4 members (excludes halogenated alkanes) is 2. The first-order valence-electron chi connectivity index (χ1n) is 6.16. The van der Waals surface area contributed by atoms with E-state index in [1.165, 1.54) is 0 Å². The summed E-state index contributed by atoms with van der Waals surface area (Å²) in [7, 11) is 3.10. The fourth-order valence-corrected chi connectivity index (χ4v) is 1.69. The van der Waals surface area contributed by atoms with E-state index in [9.17, 15) is 4.79 Å². The molecule has 0 saturated heterocycles. The Labute approximate surface area is 108 Å². The van der Waals surface area contributed by atoms with Crippen LogP contribution < -0.4 is 9.47 Å². The molecule has 0 aliphatic rings. The van der Waals surface area contributed by atoms with Crippen molar-refractivity contribution in [2.45, 2.75) is 26.2 Å². The van der Waals surface area contributed by atoms with Crippen LogP contribution in [-0.2, 0) is 0 Å². The number of benzene rings is 1. The molecule has 0 heterocycles. The minimum absolute atomic E-state index is 0.0830. The highest BCUT2D eigenvalue weighted by atomic mass is 16.5. The van der Waals surface area contributed by atoms with Crippen LogP contribution in [0.15, 0.2) is 30.4 Å². The lowest BCUT2D eigenvalue weighted by molar-refractivity contribution is 0.104. The standard InChI is InChI=1S/C15H20O3/c1-4-5-6-7-9-12(16)15-13(17-2)10-8-11-14(15)18-3/h7-11H,4-6H2,1-3H3/b9-7+. The van der Waals surface area contributed by atoms with Crippen LogP contribution in [-0.4, -0.2) is 20.0 Å². The summed E-state index contributed by atoms with van der Waals surface area (Å²) >= 11 is 0. The molecule has 3 heteroatoms. The van der Waals surface area contributed by atoms with E-state index in [4.69, 9.17) is 9.47 Å². The quantitative estimate of drug-likeness (QED) is 0.420. The highest BCUT2D eigenvalue weighted by molar-refractivity contribution is 6.08. The van der Waals surface area contributed by atoms with Gasteiger partial charge < -0.3 is 9.47 Å². The topological polar surface area (TPSA) is 35.5 Å². The lowest BCUT2D eigenvalue weighted by atomic mass is 10.1. The van der Waals surface area contributed by atoms with Crippen LogP contribution in [0.4, 0.5) is 0 Å². The molecule has 0 aliphatic heterocycles. The molecular weight excluding hydrogens is 228 g/mol. The molecular formula is C15H20O3. The average molecular weight is 248 g/mol. The maximum Gasteiger partial charge on any atom is 0.193 e. The lowest BCUT2D eigenvalue weighted by Gasteiger charge is -2.10. The first-order valence-corrected chi connectivity index (χ1v) is 6.16. The van der Waals surface area contributed by atoms with E-state index in [2.05, 4.69) is 6.92 Å². The fourth-order valence-electron chi connectivity index (χ4n) is 1.69. The van der Waals surface area contributed by atoms with Gasteiger partial charge in [0, 0.05) is 0 Å². The van der Waals surface area contributed by atoms with Gasteiger partial charge in [-0.1, -0.05) is 31.9 Å². The monoisotopic (exact) mass is 248 g/mol. The summed E-state index contributed by atoms with van der Waals surface area (Å²) in [6.45, 7) is 2.12. The van der Waals surface area contributed by atoms with Crippen LogP contribution in [0, 0.1) is 0 Å². The summed E-state index contributed by atoms with van der Waals surface area (Å²) in [5.41, 5.74) is 0.482. The van der Waals surface area contributed by atoms with Gasteiger partial charge in [-0.2, -0.15) is 0 Å². The maximum absolute atomic E-state index is 12.1. The van der Waals surface area contributed by atoms with Crippen molar-refractivity contribution in [2.24, 2.45) is 0 Å². The fraction of sp³-hybridized carbons (Fsp3) is 0.400. The van der Waals surface area contributed by atoms with Crippen LogP contribution in [0.2, 0.25) is 0 Å².